The minimum atomic E-state index is -0.681. The van der Waals surface area contributed by atoms with Gasteiger partial charge in [0.1, 0.15) is 12.2 Å². The lowest BCUT2D eigenvalue weighted by molar-refractivity contribution is 0.0524. The van der Waals surface area contributed by atoms with Gasteiger partial charge in [0.15, 0.2) is 11.5 Å². The lowest BCUT2D eigenvalue weighted by Gasteiger charge is -2.14. The Balaban J connectivity index is 2.01. The molecule has 3 aromatic rings. The van der Waals surface area contributed by atoms with Gasteiger partial charge in [-0.1, -0.05) is 29.3 Å². The van der Waals surface area contributed by atoms with Crippen LogP contribution in [0.3, 0.4) is 0 Å². The molecule has 0 aliphatic rings. The highest BCUT2D eigenvalue weighted by Crippen LogP contribution is 2.32. The number of aromatic amines is 1. The standard InChI is InChI=1S/C21H19Cl2NO5/c1-3-27-19-9-17-14(20(25)15(10-24-17)21(26)28-4-2)8-18(19)29-11-12-5-6-13(22)7-16(12)23/h5-10H,3-4,11H2,1-2H3,(H,24,25). The van der Waals surface area contributed by atoms with E-state index in [-0.39, 0.29) is 24.2 Å². The smallest absolute Gasteiger partial charge is 0.343 e. The van der Waals surface area contributed by atoms with E-state index in [1.807, 2.05) is 6.92 Å². The van der Waals surface area contributed by atoms with Crippen molar-refractivity contribution < 1.29 is 19.0 Å². The van der Waals surface area contributed by atoms with Crippen molar-refractivity contribution in [2.45, 2.75) is 20.5 Å². The van der Waals surface area contributed by atoms with Crippen molar-refractivity contribution in [3.05, 3.63) is 67.9 Å². The molecule has 0 radical (unpaired) electrons. The first-order valence-electron chi connectivity index (χ1n) is 9.00. The van der Waals surface area contributed by atoms with Crippen LogP contribution in [-0.2, 0) is 11.3 Å². The largest absolute Gasteiger partial charge is 0.490 e. The van der Waals surface area contributed by atoms with Crippen molar-refractivity contribution in [2.75, 3.05) is 13.2 Å². The minimum absolute atomic E-state index is 0.0739. The molecule has 6 nitrogen and oxygen atoms in total. The van der Waals surface area contributed by atoms with Crippen LogP contribution in [0.2, 0.25) is 10.0 Å². The zero-order valence-corrected chi connectivity index (χ0v) is 17.4. The molecule has 8 heteroatoms. The van der Waals surface area contributed by atoms with Gasteiger partial charge in [0.25, 0.3) is 0 Å². The third-order valence-electron chi connectivity index (χ3n) is 4.14. The fourth-order valence-corrected chi connectivity index (χ4v) is 3.23. The predicted molar refractivity (Wildman–Crippen MR) is 112 cm³/mol. The maximum absolute atomic E-state index is 12.8. The molecule has 0 aliphatic heterocycles. The van der Waals surface area contributed by atoms with Gasteiger partial charge in [0.05, 0.1) is 24.1 Å². The molecule has 1 N–H and O–H groups in total. The number of H-pyrrole nitrogens is 1. The molecule has 0 atom stereocenters. The Kier molecular flexibility index (Phi) is 6.67. The van der Waals surface area contributed by atoms with Gasteiger partial charge >= 0.3 is 5.97 Å². The molecule has 29 heavy (non-hydrogen) atoms. The Morgan fingerprint density at radius 3 is 2.48 bits per heavy atom. The van der Waals surface area contributed by atoms with Crippen LogP contribution in [0.25, 0.3) is 10.9 Å². The summed E-state index contributed by atoms with van der Waals surface area (Å²) in [5, 5.41) is 1.28. The Morgan fingerprint density at radius 2 is 1.79 bits per heavy atom. The molecule has 0 unspecified atom stereocenters. The average Bonchev–Trinajstić information content (AvgIpc) is 2.68. The van der Waals surface area contributed by atoms with Crippen molar-refractivity contribution in [1.82, 2.24) is 4.98 Å². The third-order valence-corrected chi connectivity index (χ3v) is 4.73. The van der Waals surface area contributed by atoms with Crippen molar-refractivity contribution in [3.63, 3.8) is 0 Å². The fraction of sp³-hybridized carbons (Fsp3) is 0.238. The Hall–Kier alpha value is -2.70. The zero-order chi connectivity index (χ0) is 21.0. The van der Waals surface area contributed by atoms with E-state index < -0.39 is 11.4 Å². The number of pyridine rings is 1. The summed E-state index contributed by atoms with van der Waals surface area (Å²) in [7, 11) is 0. The highest BCUT2D eigenvalue weighted by Gasteiger charge is 2.17. The zero-order valence-electron chi connectivity index (χ0n) is 15.9. The maximum atomic E-state index is 12.8. The van der Waals surface area contributed by atoms with Gasteiger partial charge < -0.3 is 19.2 Å². The van der Waals surface area contributed by atoms with Crippen LogP contribution in [-0.4, -0.2) is 24.2 Å². The highest BCUT2D eigenvalue weighted by atomic mass is 35.5. The van der Waals surface area contributed by atoms with Gasteiger partial charge in [-0.05, 0) is 32.0 Å². The molecule has 2 aromatic carbocycles. The summed E-state index contributed by atoms with van der Waals surface area (Å²) in [4.78, 5) is 27.7. The molecule has 0 saturated heterocycles. The van der Waals surface area contributed by atoms with Crippen molar-refractivity contribution in [1.29, 1.82) is 0 Å². The topological polar surface area (TPSA) is 77.6 Å². The lowest BCUT2D eigenvalue weighted by Crippen LogP contribution is -2.18. The van der Waals surface area contributed by atoms with Crippen LogP contribution in [0.1, 0.15) is 29.8 Å². The minimum Gasteiger partial charge on any atom is -0.490 e. The van der Waals surface area contributed by atoms with Crippen LogP contribution in [0.4, 0.5) is 0 Å². The number of aromatic nitrogens is 1. The molecule has 1 heterocycles. The summed E-state index contributed by atoms with van der Waals surface area (Å²) < 4.78 is 16.5. The molecule has 0 fully saturated rings. The second kappa shape index (κ2) is 9.20. The number of carbonyl (C=O) groups excluding carboxylic acids is 1. The Bertz CT molecular complexity index is 1110. The number of esters is 1. The molecule has 0 amide bonds. The number of hydrogen-bond acceptors (Lipinski definition) is 5. The van der Waals surface area contributed by atoms with E-state index in [4.69, 9.17) is 37.4 Å². The predicted octanol–water partition coefficient (Wildman–Crippen LogP) is 4.99. The van der Waals surface area contributed by atoms with Crippen LogP contribution >= 0.6 is 23.2 Å². The highest BCUT2D eigenvalue weighted by molar-refractivity contribution is 6.35. The van der Waals surface area contributed by atoms with Crippen molar-refractivity contribution >= 4 is 40.1 Å². The van der Waals surface area contributed by atoms with Gasteiger partial charge in [0.2, 0.25) is 5.43 Å². The quantitative estimate of drug-likeness (QED) is 0.528. The fourth-order valence-electron chi connectivity index (χ4n) is 2.76. The molecule has 0 spiro atoms. The van der Waals surface area contributed by atoms with E-state index in [1.165, 1.54) is 6.20 Å². The van der Waals surface area contributed by atoms with Crippen LogP contribution < -0.4 is 14.9 Å². The first kappa shape index (κ1) is 21.0. The second-order valence-electron chi connectivity index (χ2n) is 6.05. The van der Waals surface area contributed by atoms with Crippen LogP contribution in [0.15, 0.2) is 41.3 Å². The first-order chi connectivity index (χ1) is 13.9. The van der Waals surface area contributed by atoms with E-state index in [0.717, 1.165) is 5.56 Å². The summed E-state index contributed by atoms with van der Waals surface area (Å²) >= 11 is 12.1. The Labute approximate surface area is 177 Å². The first-order valence-corrected chi connectivity index (χ1v) is 9.76. The number of halogens is 2. The number of hydrogen-bond donors (Lipinski definition) is 1. The third kappa shape index (κ3) is 4.66. The summed E-state index contributed by atoms with van der Waals surface area (Å²) in [5.41, 5.74) is 0.723. The number of nitrogens with one attached hydrogen (secondary N) is 1. The molecule has 0 saturated carbocycles. The summed E-state index contributed by atoms with van der Waals surface area (Å²) in [6.07, 6.45) is 1.34. The molecular formula is C21H19Cl2NO5. The summed E-state index contributed by atoms with van der Waals surface area (Å²) in [6.45, 7) is 4.26. The van der Waals surface area contributed by atoms with Gasteiger partial charge in [-0.2, -0.15) is 0 Å². The Morgan fingerprint density at radius 1 is 1.03 bits per heavy atom. The molecule has 152 valence electrons. The number of carbonyl (C=O) groups is 1. The number of ether oxygens (including phenoxy) is 3. The van der Waals surface area contributed by atoms with Crippen molar-refractivity contribution in [2.24, 2.45) is 0 Å². The summed E-state index contributed by atoms with van der Waals surface area (Å²) in [6, 6.07) is 8.31. The average molecular weight is 436 g/mol. The van der Waals surface area contributed by atoms with E-state index in [0.29, 0.717) is 33.7 Å². The molecule has 0 bridgehead atoms. The SMILES string of the molecule is CCOC(=O)c1c[nH]c2cc(OCC)c(OCc3ccc(Cl)cc3Cl)cc2c1=O. The van der Waals surface area contributed by atoms with Gasteiger partial charge in [0, 0.05) is 27.9 Å². The van der Waals surface area contributed by atoms with Gasteiger partial charge in [-0.15, -0.1) is 0 Å². The summed E-state index contributed by atoms with van der Waals surface area (Å²) in [5.74, 6) is 0.140. The normalized spacial score (nSPS) is 10.8. The number of fused-ring (bicyclic) bond motifs is 1. The van der Waals surface area contributed by atoms with Crippen LogP contribution in [0.5, 0.6) is 11.5 Å². The number of rotatable bonds is 7. The molecule has 0 aliphatic carbocycles. The number of benzene rings is 2. The maximum Gasteiger partial charge on any atom is 0.343 e. The second-order valence-corrected chi connectivity index (χ2v) is 6.90. The van der Waals surface area contributed by atoms with E-state index >= 15 is 0 Å². The molecular weight excluding hydrogens is 417 g/mol. The monoisotopic (exact) mass is 435 g/mol. The lowest BCUT2D eigenvalue weighted by atomic mass is 10.1. The van der Waals surface area contributed by atoms with Crippen LogP contribution in [0, 0.1) is 0 Å². The van der Waals surface area contributed by atoms with E-state index in [1.54, 1.807) is 37.3 Å². The van der Waals surface area contributed by atoms with E-state index in [9.17, 15) is 9.59 Å². The van der Waals surface area contributed by atoms with Gasteiger partial charge in [-0.3, -0.25) is 4.79 Å². The van der Waals surface area contributed by atoms with Gasteiger partial charge in [-0.25, -0.2) is 4.79 Å². The molecule has 3 rings (SSSR count). The molecule has 1 aromatic heterocycles. The van der Waals surface area contributed by atoms with E-state index in [2.05, 4.69) is 4.98 Å². The van der Waals surface area contributed by atoms with Crippen molar-refractivity contribution in [3.8, 4) is 11.5 Å².